The van der Waals surface area contributed by atoms with Crippen molar-refractivity contribution in [1.29, 1.82) is 0 Å². The molecule has 0 saturated carbocycles. The van der Waals surface area contributed by atoms with Gasteiger partial charge in [-0.15, -0.1) is 0 Å². The third-order valence-electron chi connectivity index (χ3n) is 8.33. The van der Waals surface area contributed by atoms with E-state index in [-0.39, 0.29) is 63.2 Å². The average molecular weight is 706 g/mol. The van der Waals surface area contributed by atoms with Crippen LogP contribution in [0.25, 0.3) is 0 Å². The number of rotatable bonds is 23. The van der Waals surface area contributed by atoms with Gasteiger partial charge in [-0.2, -0.15) is 0 Å². The minimum absolute atomic E-state index is 0. The topological polar surface area (TPSA) is 203 Å². The molecule has 5 amide bonds. The fourth-order valence-electron chi connectivity index (χ4n) is 5.32. The molecular weight excluding hydrogens is 642 g/mol. The van der Waals surface area contributed by atoms with Crippen molar-refractivity contribution in [3.63, 3.8) is 0 Å². The first-order valence-electron chi connectivity index (χ1n) is 17.5. The van der Waals surface area contributed by atoms with Gasteiger partial charge in [0.05, 0.1) is 18.6 Å². The van der Waals surface area contributed by atoms with Crippen molar-refractivity contribution in [3.8, 4) is 0 Å². The number of aryl methyl sites for hydroxylation is 1. The lowest BCUT2D eigenvalue weighted by atomic mass is 9.95. The van der Waals surface area contributed by atoms with Crippen LogP contribution in [0.15, 0.2) is 30.3 Å². The molecule has 0 spiro atoms. The molecule has 0 radical (unpaired) electrons. The highest BCUT2D eigenvalue weighted by Crippen LogP contribution is 2.15. The van der Waals surface area contributed by atoms with Crippen LogP contribution in [0, 0.1) is 17.8 Å². The normalized spacial score (nSPS) is 14.6. The zero-order valence-electron chi connectivity index (χ0n) is 30.2. The number of nitrogens with one attached hydrogen (secondary N) is 5. The summed E-state index contributed by atoms with van der Waals surface area (Å²) in [5, 5.41) is 33.9. The summed E-state index contributed by atoms with van der Waals surface area (Å²) in [6.07, 6.45) is -0.189. The first-order valence-corrected chi connectivity index (χ1v) is 17.5. The van der Waals surface area contributed by atoms with Crippen molar-refractivity contribution in [2.75, 3.05) is 6.54 Å². The number of carboxylic acids is 1. The van der Waals surface area contributed by atoms with E-state index in [0.717, 1.165) is 5.56 Å². The molecule has 0 heterocycles. The van der Waals surface area contributed by atoms with Crippen LogP contribution in [0.5, 0.6) is 0 Å². The highest BCUT2D eigenvalue weighted by atomic mass is 16.4. The second-order valence-corrected chi connectivity index (χ2v) is 13.5. The highest BCUT2D eigenvalue weighted by molar-refractivity contribution is 5.92. The van der Waals surface area contributed by atoms with E-state index < -0.39 is 59.9 Å². The minimum atomic E-state index is -1.28. The molecule has 0 fully saturated rings. The third-order valence-corrected chi connectivity index (χ3v) is 8.33. The van der Waals surface area contributed by atoms with Gasteiger partial charge in [0.2, 0.25) is 29.5 Å². The summed E-state index contributed by atoms with van der Waals surface area (Å²) in [7, 11) is 0. The fraction of sp³-hybridized carbons (Fsp3) is 0.676. The number of hydrogen-bond donors (Lipinski definition) is 7. The molecule has 0 saturated heterocycles. The Kier molecular flexibility index (Phi) is 22.3. The van der Waals surface area contributed by atoms with Crippen molar-refractivity contribution < 1.29 is 39.0 Å². The number of carbonyl (C=O) groups excluding carboxylic acids is 5. The van der Waals surface area contributed by atoms with Gasteiger partial charge < -0.3 is 36.8 Å². The third kappa shape index (κ3) is 17.6. The van der Waals surface area contributed by atoms with Crippen LogP contribution < -0.4 is 26.6 Å². The van der Waals surface area contributed by atoms with E-state index in [4.69, 9.17) is 5.11 Å². The summed E-state index contributed by atoms with van der Waals surface area (Å²) in [6, 6.07) is 5.81. The van der Waals surface area contributed by atoms with Crippen LogP contribution in [0.2, 0.25) is 0 Å². The number of hydrogen-bond acceptors (Lipinski definition) is 7. The maximum atomic E-state index is 13.9. The summed E-state index contributed by atoms with van der Waals surface area (Å²) in [4.78, 5) is 76.5. The maximum Gasteiger partial charge on any atom is 0.303 e. The van der Waals surface area contributed by atoms with Gasteiger partial charge in [-0.1, -0.05) is 85.7 Å². The van der Waals surface area contributed by atoms with Gasteiger partial charge in [0.1, 0.15) is 18.1 Å². The highest BCUT2D eigenvalue weighted by Gasteiger charge is 2.33. The average Bonchev–Trinajstić information content (AvgIpc) is 3.03. The van der Waals surface area contributed by atoms with Crippen LogP contribution in [-0.2, 0) is 35.2 Å². The van der Waals surface area contributed by atoms with E-state index in [1.165, 1.54) is 0 Å². The number of likely N-dealkylation sites (N-methyl/N-ethyl adjacent to an activating group) is 1. The van der Waals surface area contributed by atoms with E-state index in [0.29, 0.717) is 25.8 Å². The molecule has 0 bridgehead atoms. The second kappa shape index (κ2) is 24.2. The summed E-state index contributed by atoms with van der Waals surface area (Å²) in [6.45, 7) is 13.3. The molecular formula is C37H63N5O8. The van der Waals surface area contributed by atoms with Gasteiger partial charge in [0.25, 0.3) is 0 Å². The first kappa shape index (κ1) is 46.0. The molecule has 284 valence electrons. The van der Waals surface area contributed by atoms with Gasteiger partial charge in [0.15, 0.2) is 0 Å². The summed E-state index contributed by atoms with van der Waals surface area (Å²) < 4.78 is 0. The number of aliphatic carboxylic acids is 1. The van der Waals surface area contributed by atoms with Gasteiger partial charge in [-0.25, -0.2) is 0 Å². The van der Waals surface area contributed by atoms with Crippen LogP contribution in [0.3, 0.4) is 0 Å². The van der Waals surface area contributed by atoms with Crippen LogP contribution in [0.4, 0.5) is 0 Å². The molecule has 13 nitrogen and oxygen atoms in total. The summed E-state index contributed by atoms with van der Waals surface area (Å²) in [5.41, 5.74) is 0.946. The SMILES string of the molecule is C.CCNC(=O)[C@@H](NC(=O)C[C@H](O)[C@H](CC(C)C)NC(=O)[C@H](CCc1ccccc1)NC(=O)[C@@H](NC(=O)CCCC(=O)O)[C@H](C)CC)C(C)C. The van der Waals surface area contributed by atoms with Crippen molar-refractivity contribution in [2.24, 2.45) is 17.8 Å². The zero-order chi connectivity index (χ0) is 37.1. The molecule has 0 aliphatic rings. The lowest BCUT2D eigenvalue weighted by molar-refractivity contribution is -0.137. The van der Waals surface area contributed by atoms with E-state index in [1.54, 1.807) is 27.7 Å². The Labute approximate surface area is 298 Å². The van der Waals surface area contributed by atoms with E-state index in [9.17, 15) is 33.9 Å². The molecule has 50 heavy (non-hydrogen) atoms. The molecule has 0 aromatic heterocycles. The quantitative estimate of drug-likeness (QED) is 0.0900. The van der Waals surface area contributed by atoms with Gasteiger partial charge in [0, 0.05) is 19.4 Å². The Morgan fingerprint density at radius 2 is 1.38 bits per heavy atom. The number of benzene rings is 1. The van der Waals surface area contributed by atoms with Crippen molar-refractivity contribution in [1.82, 2.24) is 26.6 Å². The number of aliphatic hydroxyl groups excluding tert-OH is 1. The van der Waals surface area contributed by atoms with Crippen molar-refractivity contribution in [3.05, 3.63) is 35.9 Å². The van der Waals surface area contributed by atoms with Crippen molar-refractivity contribution in [2.45, 2.75) is 138 Å². The van der Waals surface area contributed by atoms with Gasteiger partial charge >= 0.3 is 5.97 Å². The first-order chi connectivity index (χ1) is 23.1. The Morgan fingerprint density at radius 3 is 1.92 bits per heavy atom. The predicted molar refractivity (Wildman–Crippen MR) is 194 cm³/mol. The number of carbonyl (C=O) groups is 6. The van der Waals surface area contributed by atoms with Gasteiger partial charge in [-0.05, 0) is 55.9 Å². The lowest BCUT2D eigenvalue weighted by Gasteiger charge is -2.30. The minimum Gasteiger partial charge on any atom is -0.481 e. The van der Waals surface area contributed by atoms with E-state index >= 15 is 0 Å². The molecule has 1 rings (SSSR count). The Hall–Kier alpha value is -4.00. The molecule has 1 aromatic rings. The molecule has 13 heteroatoms. The second-order valence-electron chi connectivity index (χ2n) is 13.5. The molecule has 0 aliphatic heterocycles. The van der Waals surface area contributed by atoms with Gasteiger partial charge in [-0.3, -0.25) is 28.8 Å². The zero-order valence-corrected chi connectivity index (χ0v) is 30.2. The molecule has 6 atom stereocenters. The monoisotopic (exact) mass is 705 g/mol. The molecule has 0 aliphatic carbocycles. The standard InChI is InChI=1S/C36H59N5O8.CH4/c1-8-24(7)33(40-29(43)16-13-17-31(45)46)36(49)38-26(19-18-25-14-11-10-12-15-25)34(47)39-27(20-22(3)4)28(42)21-30(44)41-32(23(5)6)35(48)37-9-2;/h10-12,14-15,22-24,26-28,32-33,42H,8-9,13,16-21H2,1-7H3,(H,37,48)(H,38,49)(H,39,47)(H,40,43)(H,41,44)(H,45,46);1H4/t24-,26+,27+,28+,32+,33+;/m1./s1. The van der Waals surface area contributed by atoms with Crippen LogP contribution in [-0.4, -0.2) is 82.5 Å². The lowest BCUT2D eigenvalue weighted by Crippen LogP contribution is -2.58. The number of amides is 5. The molecule has 0 unspecified atom stereocenters. The van der Waals surface area contributed by atoms with E-state index in [2.05, 4.69) is 26.6 Å². The Balaban J connectivity index is 0.0000240. The maximum absolute atomic E-state index is 13.9. The largest absolute Gasteiger partial charge is 0.481 e. The Morgan fingerprint density at radius 1 is 0.760 bits per heavy atom. The fourth-order valence-corrected chi connectivity index (χ4v) is 5.32. The van der Waals surface area contributed by atoms with Crippen molar-refractivity contribution >= 4 is 35.5 Å². The molecule has 1 aromatic carbocycles. The van der Waals surface area contributed by atoms with Crippen LogP contribution in [0.1, 0.15) is 106 Å². The Bertz CT molecular complexity index is 1210. The molecule has 7 N–H and O–H groups in total. The van der Waals surface area contributed by atoms with Crippen LogP contribution >= 0.6 is 0 Å². The predicted octanol–water partition coefficient (Wildman–Crippen LogP) is 3.08. The van der Waals surface area contributed by atoms with E-state index in [1.807, 2.05) is 51.1 Å². The number of carboxylic acid groups (broad SMARTS) is 1. The smallest absolute Gasteiger partial charge is 0.303 e. The number of aliphatic hydroxyl groups is 1. The summed E-state index contributed by atoms with van der Waals surface area (Å²) in [5.74, 6) is -3.89. The summed E-state index contributed by atoms with van der Waals surface area (Å²) >= 11 is 0.